The summed E-state index contributed by atoms with van der Waals surface area (Å²) in [6, 6.07) is 4.37. The average Bonchev–Trinajstić information content (AvgIpc) is 2.41. The van der Waals surface area contributed by atoms with Gasteiger partial charge in [-0.3, -0.25) is 0 Å². The molecule has 0 atom stereocenters. The van der Waals surface area contributed by atoms with Crippen molar-refractivity contribution in [3.63, 3.8) is 0 Å². The topological polar surface area (TPSA) is 67.3 Å². The third-order valence-corrected chi connectivity index (χ3v) is 2.51. The molecule has 7 heteroatoms. The normalized spacial score (nSPS) is 10.3. The Balaban J connectivity index is 2.31. The molecule has 19 heavy (non-hydrogen) atoms. The SMILES string of the molecule is OCCOc1cccc(F)c1Nc1ncncc1Cl. The van der Waals surface area contributed by atoms with E-state index in [0.717, 1.165) is 0 Å². The van der Waals surface area contributed by atoms with Gasteiger partial charge in [0.05, 0.1) is 12.8 Å². The Morgan fingerprint density at radius 2 is 2.26 bits per heavy atom. The number of para-hydroxylation sites is 1. The molecule has 1 aromatic carbocycles. The maximum absolute atomic E-state index is 13.8. The number of nitrogens with zero attached hydrogens (tertiary/aromatic N) is 2. The number of hydrogen-bond acceptors (Lipinski definition) is 5. The molecule has 1 aromatic heterocycles. The Bertz CT molecular complexity index is 568. The molecular formula is C12H11ClFN3O2. The maximum atomic E-state index is 13.8. The first-order valence-electron chi connectivity index (χ1n) is 5.47. The zero-order chi connectivity index (χ0) is 13.7. The number of halogens is 2. The van der Waals surface area contributed by atoms with E-state index in [9.17, 15) is 4.39 Å². The van der Waals surface area contributed by atoms with Gasteiger partial charge < -0.3 is 15.2 Å². The van der Waals surface area contributed by atoms with Gasteiger partial charge >= 0.3 is 0 Å². The lowest BCUT2D eigenvalue weighted by atomic mass is 10.2. The van der Waals surface area contributed by atoms with Gasteiger partial charge in [-0.05, 0) is 12.1 Å². The van der Waals surface area contributed by atoms with E-state index >= 15 is 0 Å². The van der Waals surface area contributed by atoms with Crippen molar-refractivity contribution in [1.29, 1.82) is 0 Å². The second-order valence-electron chi connectivity index (χ2n) is 3.53. The summed E-state index contributed by atoms with van der Waals surface area (Å²) in [6.45, 7) is -0.0974. The average molecular weight is 284 g/mol. The summed E-state index contributed by atoms with van der Waals surface area (Å²) >= 11 is 5.89. The Hall–Kier alpha value is -1.92. The second-order valence-corrected chi connectivity index (χ2v) is 3.94. The van der Waals surface area contributed by atoms with E-state index in [1.54, 1.807) is 6.07 Å². The van der Waals surface area contributed by atoms with E-state index in [-0.39, 0.29) is 35.5 Å². The molecule has 0 saturated carbocycles. The summed E-state index contributed by atoms with van der Waals surface area (Å²) in [5, 5.41) is 11.8. The Morgan fingerprint density at radius 1 is 1.42 bits per heavy atom. The molecule has 2 N–H and O–H groups in total. The first-order valence-corrected chi connectivity index (χ1v) is 5.85. The van der Waals surface area contributed by atoms with Crippen LogP contribution in [0.4, 0.5) is 15.9 Å². The summed E-state index contributed by atoms with van der Waals surface area (Å²) in [6.07, 6.45) is 2.69. The van der Waals surface area contributed by atoms with Gasteiger partial charge in [0.1, 0.15) is 29.4 Å². The molecule has 2 aromatic rings. The minimum atomic E-state index is -0.509. The van der Waals surface area contributed by atoms with E-state index in [2.05, 4.69) is 15.3 Å². The van der Waals surface area contributed by atoms with E-state index < -0.39 is 5.82 Å². The summed E-state index contributed by atoms with van der Waals surface area (Å²) < 4.78 is 19.0. The highest BCUT2D eigenvalue weighted by molar-refractivity contribution is 6.32. The number of aliphatic hydroxyl groups is 1. The number of rotatable bonds is 5. The predicted octanol–water partition coefficient (Wildman–Crippen LogP) is 2.38. The van der Waals surface area contributed by atoms with Gasteiger partial charge in [-0.1, -0.05) is 17.7 Å². The lowest BCUT2D eigenvalue weighted by Gasteiger charge is -2.13. The van der Waals surface area contributed by atoms with Crippen LogP contribution in [0.2, 0.25) is 5.02 Å². The number of hydrogen-bond donors (Lipinski definition) is 2. The number of aromatic nitrogens is 2. The van der Waals surface area contributed by atoms with Crippen molar-refractivity contribution >= 4 is 23.1 Å². The molecule has 0 bridgehead atoms. The van der Waals surface area contributed by atoms with Crippen molar-refractivity contribution in [3.05, 3.63) is 41.6 Å². The summed E-state index contributed by atoms with van der Waals surface area (Å²) in [5.41, 5.74) is 0.108. The lowest BCUT2D eigenvalue weighted by molar-refractivity contribution is 0.201. The molecule has 0 aliphatic heterocycles. The summed E-state index contributed by atoms with van der Waals surface area (Å²) in [5.74, 6) is 0.0319. The molecule has 100 valence electrons. The van der Waals surface area contributed by atoms with Crippen molar-refractivity contribution in [1.82, 2.24) is 9.97 Å². The zero-order valence-corrected chi connectivity index (χ0v) is 10.6. The van der Waals surface area contributed by atoms with Crippen LogP contribution in [0.1, 0.15) is 0 Å². The van der Waals surface area contributed by atoms with Crippen LogP contribution in [-0.2, 0) is 0 Å². The molecular weight excluding hydrogens is 273 g/mol. The van der Waals surface area contributed by atoms with Crippen LogP contribution >= 0.6 is 11.6 Å². The first-order chi connectivity index (χ1) is 9.22. The quantitative estimate of drug-likeness (QED) is 0.882. The van der Waals surface area contributed by atoms with Crippen LogP contribution in [0.25, 0.3) is 0 Å². The largest absolute Gasteiger partial charge is 0.489 e. The highest BCUT2D eigenvalue weighted by Crippen LogP contribution is 2.31. The van der Waals surface area contributed by atoms with E-state index in [0.29, 0.717) is 0 Å². The Labute approximate surface area is 114 Å². The van der Waals surface area contributed by atoms with Crippen LogP contribution in [0.5, 0.6) is 5.75 Å². The van der Waals surface area contributed by atoms with Gasteiger partial charge in [-0.25, -0.2) is 14.4 Å². The number of anilines is 2. The Kier molecular flexibility index (Phi) is 4.48. The van der Waals surface area contributed by atoms with Crippen molar-refractivity contribution in [3.8, 4) is 5.75 Å². The standard InChI is InChI=1S/C12H11ClFN3O2/c13-8-6-15-7-16-12(8)17-11-9(14)2-1-3-10(11)19-5-4-18/h1-3,6-7,18H,4-5H2,(H,15,16,17). The molecule has 0 aliphatic carbocycles. The smallest absolute Gasteiger partial charge is 0.152 e. The molecule has 0 unspecified atom stereocenters. The van der Waals surface area contributed by atoms with Crippen molar-refractivity contribution < 1.29 is 14.2 Å². The molecule has 0 spiro atoms. The van der Waals surface area contributed by atoms with Crippen LogP contribution in [0.15, 0.2) is 30.7 Å². The van der Waals surface area contributed by atoms with Crippen LogP contribution < -0.4 is 10.1 Å². The van der Waals surface area contributed by atoms with E-state index in [1.807, 2.05) is 0 Å². The molecule has 1 heterocycles. The summed E-state index contributed by atoms with van der Waals surface area (Å²) in [7, 11) is 0. The maximum Gasteiger partial charge on any atom is 0.152 e. The first kappa shape index (κ1) is 13.5. The van der Waals surface area contributed by atoms with Crippen LogP contribution in [0.3, 0.4) is 0 Å². The molecule has 2 rings (SSSR count). The third-order valence-electron chi connectivity index (χ3n) is 2.24. The molecule has 0 amide bonds. The fourth-order valence-electron chi connectivity index (χ4n) is 1.42. The minimum Gasteiger partial charge on any atom is -0.489 e. The predicted molar refractivity (Wildman–Crippen MR) is 69.3 cm³/mol. The number of benzene rings is 1. The molecule has 0 radical (unpaired) electrons. The van der Waals surface area contributed by atoms with E-state index in [4.69, 9.17) is 21.4 Å². The van der Waals surface area contributed by atoms with Gasteiger partial charge in [-0.2, -0.15) is 0 Å². The molecule has 0 fully saturated rings. The fraction of sp³-hybridized carbons (Fsp3) is 0.167. The fourth-order valence-corrected chi connectivity index (χ4v) is 1.58. The van der Waals surface area contributed by atoms with Gasteiger partial charge in [-0.15, -0.1) is 0 Å². The van der Waals surface area contributed by atoms with Gasteiger partial charge in [0.15, 0.2) is 11.6 Å². The lowest BCUT2D eigenvalue weighted by Crippen LogP contribution is -2.06. The zero-order valence-electron chi connectivity index (χ0n) is 9.81. The highest BCUT2D eigenvalue weighted by atomic mass is 35.5. The van der Waals surface area contributed by atoms with Crippen LogP contribution in [0, 0.1) is 5.82 Å². The Morgan fingerprint density at radius 3 is 3.00 bits per heavy atom. The molecule has 0 saturated heterocycles. The van der Waals surface area contributed by atoms with Crippen molar-refractivity contribution in [2.75, 3.05) is 18.5 Å². The monoisotopic (exact) mass is 283 g/mol. The number of nitrogens with one attached hydrogen (secondary N) is 1. The van der Waals surface area contributed by atoms with Crippen LogP contribution in [-0.4, -0.2) is 28.3 Å². The van der Waals surface area contributed by atoms with Crippen molar-refractivity contribution in [2.24, 2.45) is 0 Å². The van der Waals surface area contributed by atoms with Crippen molar-refractivity contribution in [2.45, 2.75) is 0 Å². The van der Waals surface area contributed by atoms with Gasteiger partial charge in [0.2, 0.25) is 0 Å². The number of aliphatic hydroxyl groups excluding tert-OH is 1. The number of ether oxygens (including phenoxy) is 1. The second kappa shape index (κ2) is 6.31. The highest BCUT2D eigenvalue weighted by Gasteiger charge is 2.12. The minimum absolute atomic E-state index is 0.0651. The summed E-state index contributed by atoms with van der Waals surface area (Å²) in [4.78, 5) is 7.65. The molecule has 0 aliphatic rings. The molecule has 5 nitrogen and oxygen atoms in total. The van der Waals surface area contributed by atoms with E-state index in [1.165, 1.54) is 24.7 Å². The third kappa shape index (κ3) is 3.30. The van der Waals surface area contributed by atoms with Gasteiger partial charge in [0.25, 0.3) is 0 Å². The van der Waals surface area contributed by atoms with Gasteiger partial charge in [0, 0.05) is 0 Å².